The number of likely N-dealkylation sites (tertiary alicyclic amines) is 1. The molecule has 2 unspecified atom stereocenters. The molecule has 0 bridgehead atoms. The molecule has 180 valence electrons. The minimum absolute atomic E-state index is 0.0863. The first kappa shape index (κ1) is 23.6. The smallest absolute Gasteiger partial charge is 0.376 e. The average Bonchev–Trinajstić information content (AvgIpc) is 3.41. The number of nitrogens with zero attached hydrogens (tertiary/aromatic N) is 3. The molecule has 8 nitrogen and oxygen atoms in total. The van der Waals surface area contributed by atoms with E-state index in [-0.39, 0.29) is 18.5 Å². The number of benzene rings is 1. The summed E-state index contributed by atoms with van der Waals surface area (Å²) < 4.78 is 70.2. The number of carbonyl (C=O) groups excluding carboxylic acids is 1. The van der Waals surface area contributed by atoms with Gasteiger partial charge in [0.25, 0.3) is 0 Å². The van der Waals surface area contributed by atoms with Gasteiger partial charge in [-0.25, -0.2) is 13.2 Å². The maximum Gasteiger partial charge on any atom is 0.416 e. The van der Waals surface area contributed by atoms with Crippen LogP contribution >= 0.6 is 0 Å². The first-order valence-corrected chi connectivity index (χ1v) is 12.4. The zero-order valence-corrected chi connectivity index (χ0v) is 18.8. The summed E-state index contributed by atoms with van der Waals surface area (Å²) in [4.78, 5) is 14.4. The van der Waals surface area contributed by atoms with Crippen molar-refractivity contribution in [1.29, 1.82) is 0 Å². The Labute approximate surface area is 189 Å². The Balaban J connectivity index is 1.24. The van der Waals surface area contributed by atoms with Gasteiger partial charge in [0.05, 0.1) is 18.4 Å². The fourth-order valence-electron chi connectivity index (χ4n) is 4.72. The quantitative estimate of drug-likeness (QED) is 0.676. The number of alkyl halides is 3. The number of aromatic nitrogens is 2. The zero-order valence-electron chi connectivity index (χ0n) is 18.0. The average molecular weight is 487 g/mol. The van der Waals surface area contributed by atoms with Crippen LogP contribution in [0.25, 0.3) is 0 Å². The Hall–Kier alpha value is -2.60. The van der Waals surface area contributed by atoms with E-state index in [1.54, 1.807) is 11.0 Å². The number of anilines is 1. The highest BCUT2D eigenvalue weighted by Crippen LogP contribution is 2.42. The summed E-state index contributed by atoms with van der Waals surface area (Å²) in [5, 5.41) is 3.98. The van der Waals surface area contributed by atoms with Crippen LogP contribution in [0.4, 0.5) is 23.8 Å². The highest BCUT2D eigenvalue weighted by molar-refractivity contribution is 7.92. The summed E-state index contributed by atoms with van der Waals surface area (Å²) in [6.07, 6.45) is -0.165. The molecule has 2 aliphatic rings. The van der Waals surface area contributed by atoms with Crippen molar-refractivity contribution in [3.8, 4) is 0 Å². The molecule has 3 atom stereocenters. The molecule has 2 fully saturated rings. The van der Waals surface area contributed by atoms with Crippen LogP contribution in [-0.2, 0) is 27.5 Å². The summed E-state index contributed by atoms with van der Waals surface area (Å²) in [6.45, 7) is 1.77. The van der Waals surface area contributed by atoms with Crippen molar-refractivity contribution in [3.63, 3.8) is 0 Å². The Morgan fingerprint density at radius 1 is 1.21 bits per heavy atom. The summed E-state index contributed by atoms with van der Waals surface area (Å²) in [5.74, 6) is 1.06. The highest BCUT2D eigenvalue weighted by atomic mass is 32.2. The van der Waals surface area contributed by atoms with Crippen LogP contribution in [0.15, 0.2) is 36.5 Å². The van der Waals surface area contributed by atoms with Crippen LogP contribution < -0.4 is 4.72 Å². The van der Waals surface area contributed by atoms with Crippen molar-refractivity contribution in [2.24, 2.45) is 17.8 Å². The normalized spacial score (nSPS) is 23.0. The Kier molecular flexibility index (Phi) is 6.41. The number of rotatable bonds is 6. The number of hydrogen-bond donors (Lipinski definition) is 1. The Morgan fingerprint density at radius 3 is 2.55 bits per heavy atom. The standard InChI is InChI=1S/C21H25F3N4O4S/c1-33(30,31)26-19-5-6-28(25-19)20(29)27-10-16-7-15(8-17(16)11-27)13-32-12-14-3-2-4-18(9-14)21(22,23)24/h2-6,9,15-17H,7-8,10-13H2,1H3,(H,25,26)/t15?,16-,17?/m1/s1. The molecular weight excluding hydrogens is 461 g/mol. The van der Waals surface area contributed by atoms with E-state index in [4.69, 9.17) is 4.74 Å². The molecule has 0 spiro atoms. The number of amides is 1. The molecule has 4 rings (SSSR count). The van der Waals surface area contributed by atoms with Crippen molar-refractivity contribution in [2.45, 2.75) is 25.6 Å². The number of hydrogen-bond acceptors (Lipinski definition) is 5. The monoisotopic (exact) mass is 486 g/mol. The van der Waals surface area contributed by atoms with Crippen molar-refractivity contribution < 1.29 is 31.1 Å². The molecular formula is C21H25F3N4O4S. The maximum absolute atomic E-state index is 12.8. The third-order valence-corrected chi connectivity index (χ3v) is 6.65. The fraction of sp³-hybridized carbons (Fsp3) is 0.524. The van der Waals surface area contributed by atoms with Gasteiger partial charge in [0.15, 0.2) is 5.82 Å². The van der Waals surface area contributed by atoms with E-state index in [0.29, 0.717) is 43.0 Å². The molecule has 1 aliphatic carbocycles. The van der Waals surface area contributed by atoms with Crippen molar-refractivity contribution in [2.75, 3.05) is 30.7 Å². The summed E-state index contributed by atoms with van der Waals surface area (Å²) in [7, 11) is -3.47. The number of nitrogens with one attached hydrogen (secondary N) is 1. The molecule has 1 saturated heterocycles. The van der Waals surface area contributed by atoms with Crippen molar-refractivity contribution >= 4 is 21.9 Å². The van der Waals surface area contributed by atoms with E-state index < -0.39 is 21.8 Å². The fourth-order valence-corrected chi connectivity index (χ4v) is 5.21. The third-order valence-electron chi connectivity index (χ3n) is 6.07. The topological polar surface area (TPSA) is 93.5 Å². The maximum atomic E-state index is 12.8. The molecule has 0 radical (unpaired) electrons. The van der Waals surface area contributed by atoms with E-state index in [9.17, 15) is 26.4 Å². The van der Waals surface area contributed by atoms with Crippen LogP contribution in [-0.4, -0.2) is 55.1 Å². The Bertz CT molecular complexity index is 1100. The second-order valence-corrected chi connectivity index (χ2v) is 10.5. The molecule has 33 heavy (non-hydrogen) atoms. The summed E-state index contributed by atoms with van der Waals surface area (Å²) in [6, 6.07) is 6.28. The first-order chi connectivity index (χ1) is 15.5. The molecule has 1 aromatic heterocycles. The van der Waals surface area contributed by atoms with Gasteiger partial charge in [0.2, 0.25) is 10.0 Å². The molecule has 1 aromatic carbocycles. The third kappa shape index (κ3) is 5.85. The molecule has 2 heterocycles. The summed E-state index contributed by atoms with van der Waals surface area (Å²) >= 11 is 0. The van der Waals surface area contributed by atoms with E-state index in [1.807, 2.05) is 0 Å². The molecule has 2 aromatic rings. The van der Waals surface area contributed by atoms with Gasteiger partial charge in [-0.05, 0) is 48.3 Å². The number of sulfonamides is 1. The predicted molar refractivity (Wildman–Crippen MR) is 114 cm³/mol. The predicted octanol–water partition coefficient (Wildman–Crippen LogP) is 3.42. The summed E-state index contributed by atoms with van der Waals surface area (Å²) in [5.41, 5.74) is -0.191. The van der Waals surface area contributed by atoms with E-state index in [2.05, 4.69) is 9.82 Å². The number of fused-ring (bicyclic) bond motifs is 1. The Morgan fingerprint density at radius 2 is 1.91 bits per heavy atom. The van der Waals surface area contributed by atoms with Gasteiger partial charge < -0.3 is 9.64 Å². The van der Waals surface area contributed by atoms with E-state index in [1.165, 1.54) is 18.3 Å². The molecule has 1 amide bonds. The minimum Gasteiger partial charge on any atom is -0.376 e. The van der Waals surface area contributed by atoms with Gasteiger partial charge in [-0.1, -0.05) is 12.1 Å². The largest absolute Gasteiger partial charge is 0.416 e. The second-order valence-electron chi connectivity index (χ2n) is 8.78. The number of ether oxygens (including phenoxy) is 1. The lowest BCUT2D eigenvalue weighted by Crippen LogP contribution is -2.34. The van der Waals surface area contributed by atoms with E-state index >= 15 is 0 Å². The molecule has 1 N–H and O–H groups in total. The van der Waals surface area contributed by atoms with Crippen LogP contribution in [0.2, 0.25) is 0 Å². The first-order valence-electron chi connectivity index (χ1n) is 10.5. The lowest BCUT2D eigenvalue weighted by atomic mass is 10.0. The minimum atomic E-state index is -4.37. The van der Waals surface area contributed by atoms with Gasteiger partial charge in [-0.2, -0.15) is 17.9 Å². The van der Waals surface area contributed by atoms with Crippen molar-refractivity contribution in [3.05, 3.63) is 47.7 Å². The van der Waals surface area contributed by atoms with Gasteiger partial charge in [-0.15, -0.1) is 5.10 Å². The van der Waals surface area contributed by atoms with Crippen LogP contribution in [0, 0.1) is 17.8 Å². The number of carbonyl (C=O) groups is 1. The zero-order chi connectivity index (χ0) is 23.8. The highest BCUT2D eigenvalue weighted by Gasteiger charge is 2.42. The van der Waals surface area contributed by atoms with E-state index in [0.717, 1.165) is 35.9 Å². The van der Waals surface area contributed by atoms with Crippen molar-refractivity contribution in [1.82, 2.24) is 14.7 Å². The second kappa shape index (κ2) is 8.98. The SMILES string of the molecule is CS(=O)(=O)Nc1ccn(C(=O)N2CC3CC(COCc4cccc(C(F)(F)F)c4)C[C@@H]3C2)n1. The van der Waals surface area contributed by atoms with Gasteiger partial charge in [0.1, 0.15) is 0 Å². The lowest BCUT2D eigenvalue weighted by Gasteiger charge is -2.19. The van der Waals surface area contributed by atoms with Gasteiger partial charge in [0, 0.05) is 32.0 Å². The van der Waals surface area contributed by atoms with Gasteiger partial charge in [-0.3, -0.25) is 4.72 Å². The molecule has 1 saturated carbocycles. The van der Waals surface area contributed by atoms with Crippen LogP contribution in [0.3, 0.4) is 0 Å². The molecule has 1 aliphatic heterocycles. The van der Waals surface area contributed by atoms with Crippen LogP contribution in [0.1, 0.15) is 24.0 Å². The van der Waals surface area contributed by atoms with Crippen LogP contribution in [0.5, 0.6) is 0 Å². The van der Waals surface area contributed by atoms with Gasteiger partial charge >= 0.3 is 12.2 Å². The molecule has 12 heteroatoms. The lowest BCUT2D eigenvalue weighted by molar-refractivity contribution is -0.137. The number of halogens is 3.